The lowest BCUT2D eigenvalue weighted by Gasteiger charge is -2.07. The number of fused-ring (bicyclic) bond motifs is 1. The number of nitrogens with two attached hydrogens (primary N) is 2. The Morgan fingerprint density at radius 2 is 1.91 bits per heavy atom. The molecule has 0 aliphatic heterocycles. The molecule has 0 atom stereocenters. The second-order valence-corrected chi connectivity index (χ2v) is 6.01. The largest absolute Gasteiger partial charge is 0.384 e. The van der Waals surface area contributed by atoms with Gasteiger partial charge in [-0.3, -0.25) is 5.41 Å². The van der Waals surface area contributed by atoms with Crippen LogP contribution in [0.3, 0.4) is 0 Å². The Bertz CT molecular complexity index is 867. The number of hydrogen-bond acceptors (Lipinski definition) is 4. The normalized spacial score (nSPS) is 11.8. The zero-order valence-corrected chi connectivity index (χ0v) is 12.9. The summed E-state index contributed by atoms with van der Waals surface area (Å²) in [7, 11) is 0. The summed E-state index contributed by atoms with van der Waals surface area (Å²) in [5.41, 5.74) is 13.5. The Hall–Kier alpha value is -2.44. The molecule has 0 aliphatic rings. The van der Waals surface area contributed by atoms with Crippen molar-refractivity contribution in [3.05, 3.63) is 58.6 Å². The van der Waals surface area contributed by atoms with Crippen LogP contribution < -0.4 is 11.5 Å². The Morgan fingerprint density at radius 1 is 1.14 bits per heavy atom. The number of nitrogens with one attached hydrogen (secondary N) is 1. The second-order valence-electron chi connectivity index (χ2n) is 4.56. The van der Waals surface area contributed by atoms with E-state index in [2.05, 4.69) is 9.98 Å². The SMILES string of the molecule is N=C(N)c1ccc(Cl)cc1/C(N)=N/c1nc2ccccc2s1. The predicted molar refractivity (Wildman–Crippen MR) is 92.5 cm³/mol. The van der Waals surface area contributed by atoms with Crippen molar-refractivity contribution in [1.29, 1.82) is 5.41 Å². The number of nitrogens with zero attached hydrogens (tertiary/aromatic N) is 2. The summed E-state index contributed by atoms with van der Waals surface area (Å²) in [5.74, 6) is 0.140. The van der Waals surface area contributed by atoms with Gasteiger partial charge in [-0.05, 0) is 30.3 Å². The van der Waals surface area contributed by atoms with Crippen LogP contribution in [0.2, 0.25) is 5.02 Å². The third kappa shape index (κ3) is 2.79. The van der Waals surface area contributed by atoms with E-state index in [0.717, 1.165) is 10.2 Å². The molecule has 0 amide bonds. The zero-order chi connectivity index (χ0) is 15.7. The highest BCUT2D eigenvalue weighted by Crippen LogP contribution is 2.28. The van der Waals surface area contributed by atoms with Gasteiger partial charge in [0.1, 0.15) is 11.7 Å². The van der Waals surface area contributed by atoms with E-state index in [9.17, 15) is 0 Å². The minimum atomic E-state index is -0.0888. The van der Waals surface area contributed by atoms with Crippen LogP contribution in [0.25, 0.3) is 10.2 Å². The third-order valence-corrected chi connectivity index (χ3v) is 4.21. The number of para-hydroxylation sites is 1. The molecule has 0 saturated heterocycles. The average Bonchev–Trinajstić information content (AvgIpc) is 2.88. The Kier molecular flexibility index (Phi) is 3.79. The number of amidine groups is 2. The smallest absolute Gasteiger partial charge is 0.212 e. The monoisotopic (exact) mass is 329 g/mol. The van der Waals surface area contributed by atoms with Crippen molar-refractivity contribution in [3.8, 4) is 0 Å². The average molecular weight is 330 g/mol. The van der Waals surface area contributed by atoms with Gasteiger partial charge in [-0.1, -0.05) is 35.1 Å². The molecule has 0 bridgehead atoms. The number of nitrogen functional groups attached to an aromatic ring is 1. The summed E-state index contributed by atoms with van der Waals surface area (Å²) in [6, 6.07) is 12.7. The third-order valence-electron chi connectivity index (χ3n) is 3.05. The fourth-order valence-electron chi connectivity index (χ4n) is 2.03. The number of aromatic nitrogens is 1. The molecule has 0 spiro atoms. The standard InChI is InChI=1S/C15H12ClN5S/c16-8-5-6-9(13(17)18)10(7-8)14(19)21-15-20-11-3-1-2-4-12(11)22-15/h1-7H,(H3,17,18)(H2,19,20,21). The van der Waals surface area contributed by atoms with E-state index < -0.39 is 0 Å². The van der Waals surface area contributed by atoms with Crippen LogP contribution in [0.15, 0.2) is 47.5 Å². The van der Waals surface area contributed by atoms with Gasteiger partial charge in [-0.25, -0.2) is 9.98 Å². The molecule has 2 aromatic carbocycles. The van der Waals surface area contributed by atoms with Gasteiger partial charge >= 0.3 is 0 Å². The lowest BCUT2D eigenvalue weighted by molar-refractivity contribution is 1.36. The van der Waals surface area contributed by atoms with Crippen LogP contribution in [-0.4, -0.2) is 16.7 Å². The highest BCUT2D eigenvalue weighted by atomic mass is 35.5. The second kappa shape index (κ2) is 5.75. The number of aliphatic imine (C=N–C) groups is 1. The molecular formula is C15H12ClN5S. The van der Waals surface area contributed by atoms with Crippen LogP contribution >= 0.6 is 22.9 Å². The Balaban J connectivity index is 2.08. The van der Waals surface area contributed by atoms with Gasteiger partial charge in [0.05, 0.1) is 10.2 Å². The maximum Gasteiger partial charge on any atom is 0.212 e. The number of hydrogen-bond donors (Lipinski definition) is 3. The Morgan fingerprint density at radius 3 is 2.64 bits per heavy atom. The maximum absolute atomic E-state index is 7.62. The molecule has 0 saturated carbocycles. The molecule has 0 aliphatic carbocycles. The first kappa shape index (κ1) is 14.5. The van der Waals surface area contributed by atoms with E-state index >= 15 is 0 Å². The molecule has 5 N–H and O–H groups in total. The predicted octanol–water partition coefficient (Wildman–Crippen LogP) is 3.27. The molecule has 22 heavy (non-hydrogen) atoms. The summed E-state index contributed by atoms with van der Waals surface area (Å²) in [5, 5.41) is 8.67. The number of rotatable bonds is 3. The lowest BCUT2D eigenvalue weighted by Crippen LogP contribution is -2.21. The van der Waals surface area contributed by atoms with Crippen molar-refractivity contribution in [3.63, 3.8) is 0 Å². The molecular weight excluding hydrogens is 318 g/mol. The first-order valence-electron chi connectivity index (χ1n) is 6.38. The van der Waals surface area contributed by atoms with Crippen molar-refractivity contribution in [2.45, 2.75) is 0 Å². The molecule has 0 unspecified atom stereocenters. The van der Waals surface area contributed by atoms with Gasteiger partial charge in [0.25, 0.3) is 0 Å². The van der Waals surface area contributed by atoms with Crippen LogP contribution in [0.5, 0.6) is 0 Å². The number of thiazole rings is 1. The fraction of sp³-hybridized carbons (Fsp3) is 0. The maximum atomic E-state index is 7.62. The van der Waals surface area contributed by atoms with Gasteiger partial charge in [0.15, 0.2) is 0 Å². The van der Waals surface area contributed by atoms with E-state index in [1.54, 1.807) is 18.2 Å². The van der Waals surface area contributed by atoms with Gasteiger partial charge < -0.3 is 11.5 Å². The molecule has 7 heteroatoms. The van der Waals surface area contributed by atoms with E-state index in [4.69, 9.17) is 28.5 Å². The highest BCUT2D eigenvalue weighted by Gasteiger charge is 2.11. The molecule has 0 fully saturated rings. The van der Waals surface area contributed by atoms with Crippen molar-refractivity contribution < 1.29 is 0 Å². The molecule has 110 valence electrons. The van der Waals surface area contributed by atoms with Crippen LogP contribution in [0.4, 0.5) is 5.13 Å². The number of halogens is 1. The number of benzene rings is 2. The quantitative estimate of drug-likeness (QED) is 0.507. The van der Waals surface area contributed by atoms with Crippen LogP contribution in [-0.2, 0) is 0 Å². The Labute approximate surface area is 135 Å². The van der Waals surface area contributed by atoms with Crippen LogP contribution in [0, 0.1) is 5.41 Å². The summed E-state index contributed by atoms with van der Waals surface area (Å²) >= 11 is 7.44. The van der Waals surface area contributed by atoms with E-state index in [-0.39, 0.29) is 11.7 Å². The molecule has 1 heterocycles. The van der Waals surface area contributed by atoms with E-state index in [0.29, 0.717) is 21.3 Å². The van der Waals surface area contributed by atoms with Crippen molar-refractivity contribution in [2.24, 2.45) is 16.5 Å². The topological polar surface area (TPSA) is 101 Å². The minimum absolute atomic E-state index is 0.0888. The fourth-order valence-corrected chi connectivity index (χ4v) is 3.06. The first-order chi connectivity index (χ1) is 10.5. The van der Waals surface area contributed by atoms with Crippen molar-refractivity contribution in [1.82, 2.24) is 4.98 Å². The molecule has 5 nitrogen and oxygen atoms in total. The lowest BCUT2D eigenvalue weighted by atomic mass is 10.1. The summed E-state index contributed by atoms with van der Waals surface area (Å²) in [4.78, 5) is 8.75. The van der Waals surface area contributed by atoms with Gasteiger partial charge in [-0.2, -0.15) is 0 Å². The van der Waals surface area contributed by atoms with E-state index in [1.165, 1.54) is 11.3 Å². The zero-order valence-electron chi connectivity index (χ0n) is 11.4. The van der Waals surface area contributed by atoms with Crippen LogP contribution in [0.1, 0.15) is 11.1 Å². The van der Waals surface area contributed by atoms with E-state index in [1.807, 2.05) is 24.3 Å². The molecule has 3 aromatic rings. The van der Waals surface area contributed by atoms with Crippen molar-refractivity contribution >= 4 is 50.0 Å². The molecule has 3 rings (SSSR count). The molecule has 0 radical (unpaired) electrons. The van der Waals surface area contributed by atoms with Crippen molar-refractivity contribution in [2.75, 3.05) is 0 Å². The van der Waals surface area contributed by atoms with Gasteiger partial charge in [0.2, 0.25) is 5.13 Å². The first-order valence-corrected chi connectivity index (χ1v) is 7.58. The molecule has 1 aromatic heterocycles. The van der Waals surface area contributed by atoms with Gasteiger partial charge in [-0.15, -0.1) is 0 Å². The summed E-state index contributed by atoms with van der Waals surface area (Å²) in [6.07, 6.45) is 0. The van der Waals surface area contributed by atoms with Gasteiger partial charge in [0, 0.05) is 16.1 Å². The minimum Gasteiger partial charge on any atom is -0.384 e. The highest BCUT2D eigenvalue weighted by molar-refractivity contribution is 7.22. The summed E-state index contributed by atoms with van der Waals surface area (Å²) in [6.45, 7) is 0. The summed E-state index contributed by atoms with van der Waals surface area (Å²) < 4.78 is 1.03.